The third-order valence-electron chi connectivity index (χ3n) is 1.89. The van der Waals surface area contributed by atoms with Gasteiger partial charge in [0.15, 0.2) is 5.96 Å². The van der Waals surface area contributed by atoms with Crippen molar-refractivity contribution in [3.05, 3.63) is 0 Å². The van der Waals surface area contributed by atoms with E-state index in [2.05, 4.69) is 10.3 Å². The highest BCUT2D eigenvalue weighted by Gasteiger charge is 2.26. The molecule has 1 aliphatic rings. The lowest BCUT2D eigenvalue weighted by molar-refractivity contribution is 0.124. The van der Waals surface area contributed by atoms with E-state index in [-0.39, 0.29) is 6.04 Å². The lowest BCUT2D eigenvalue weighted by Gasteiger charge is -2.14. The fraction of sp³-hybridized carbons (Fsp3) is 0.875. The van der Waals surface area contributed by atoms with Gasteiger partial charge >= 0.3 is 0 Å². The van der Waals surface area contributed by atoms with Crippen molar-refractivity contribution in [1.82, 2.24) is 5.32 Å². The summed E-state index contributed by atoms with van der Waals surface area (Å²) in [7, 11) is 0. The number of aliphatic hydroxyl groups excluding tert-OH is 1. The van der Waals surface area contributed by atoms with E-state index in [4.69, 9.17) is 10.5 Å². The van der Waals surface area contributed by atoms with Crippen molar-refractivity contribution < 1.29 is 9.84 Å². The molecule has 13 heavy (non-hydrogen) atoms. The maximum absolute atomic E-state index is 9.37. The number of nitrogens with zero attached hydrogens (tertiary/aromatic N) is 1. The van der Waals surface area contributed by atoms with E-state index >= 15 is 0 Å². The van der Waals surface area contributed by atoms with Gasteiger partial charge in [-0.25, -0.2) is 0 Å². The van der Waals surface area contributed by atoms with Crippen LogP contribution < -0.4 is 11.1 Å². The Kier molecular flexibility index (Phi) is 3.98. The highest BCUT2D eigenvalue weighted by atomic mass is 16.5. The highest BCUT2D eigenvalue weighted by molar-refractivity contribution is 5.78. The summed E-state index contributed by atoms with van der Waals surface area (Å²) < 4.78 is 5.05. The van der Waals surface area contributed by atoms with Crippen molar-refractivity contribution in [2.24, 2.45) is 10.7 Å². The molecule has 2 unspecified atom stereocenters. The van der Waals surface area contributed by atoms with Crippen molar-refractivity contribution in [2.45, 2.75) is 25.5 Å². The Bertz CT molecular complexity index is 184. The van der Waals surface area contributed by atoms with Gasteiger partial charge in [0.25, 0.3) is 0 Å². The lowest BCUT2D eigenvalue weighted by Crippen LogP contribution is -2.46. The quantitative estimate of drug-likeness (QED) is 0.393. The number of hydrogen-bond donors (Lipinski definition) is 3. The molecule has 1 fully saturated rings. The lowest BCUT2D eigenvalue weighted by atomic mass is 10.2. The number of rotatable bonds is 3. The van der Waals surface area contributed by atoms with Crippen molar-refractivity contribution >= 4 is 5.96 Å². The van der Waals surface area contributed by atoms with Gasteiger partial charge in [0, 0.05) is 6.54 Å². The van der Waals surface area contributed by atoms with Gasteiger partial charge in [-0.05, 0) is 6.42 Å². The molecule has 5 heteroatoms. The molecule has 1 saturated heterocycles. The van der Waals surface area contributed by atoms with Crippen molar-refractivity contribution in [3.8, 4) is 0 Å². The smallest absolute Gasteiger partial charge is 0.188 e. The van der Waals surface area contributed by atoms with Crippen LogP contribution in [0.5, 0.6) is 0 Å². The van der Waals surface area contributed by atoms with Gasteiger partial charge in [-0.1, -0.05) is 6.92 Å². The number of guanidine groups is 1. The number of nitrogens with two attached hydrogens (primary N) is 1. The monoisotopic (exact) mass is 187 g/mol. The van der Waals surface area contributed by atoms with Gasteiger partial charge in [0.05, 0.1) is 25.4 Å². The molecule has 1 aliphatic heterocycles. The Labute approximate surface area is 78.0 Å². The molecule has 0 aromatic rings. The summed E-state index contributed by atoms with van der Waals surface area (Å²) in [6.45, 7) is 3.61. The van der Waals surface area contributed by atoms with Gasteiger partial charge in [-0.15, -0.1) is 0 Å². The summed E-state index contributed by atoms with van der Waals surface area (Å²) in [5, 5.41) is 12.3. The van der Waals surface area contributed by atoms with Gasteiger partial charge in [0.2, 0.25) is 0 Å². The highest BCUT2D eigenvalue weighted by Crippen LogP contribution is 2.04. The molecule has 1 rings (SSSR count). The molecular weight excluding hydrogens is 170 g/mol. The first kappa shape index (κ1) is 10.3. The van der Waals surface area contributed by atoms with E-state index in [0.717, 1.165) is 6.42 Å². The third kappa shape index (κ3) is 3.20. The first-order valence-electron chi connectivity index (χ1n) is 4.56. The Morgan fingerprint density at radius 2 is 2.46 bits per heavy atom. The normalized spacial score (nSPS) is 29.2. The van der Waals surface area contributed by atoms with Crippen molar-refractivity contribution in [2.75, 3.05) is 19.8 Å². The van der Waals surface area contributed by atoms with Crippen LogP contribution in [0.25, 0.3) is 0 Å². The van der Waals surface area contributed by atoms with Gasteiger partial charge in [-0.2, -0.15) is 0 Å². The molecular formula is C8H17N3O2. The van der Waals surface area contributed by atoms with E-state index in [1.54, 1.807) is 0 Å². The minimum Gasteiger partial charge on any atom is -0.388 e. The third-order valence-corrected chi connectivity index (χ3v) is 1.89. The molecule has 0 spiro atoms. The summed E-state index contributed by atoms with van der Waals surface area (Å²) >= 11 is 0. The Balaban J connectivity index is 2.30. The molecule has 0 bridgehead atoms. The van der Waals surface area contributed by atoms with Gasteiger partial charge in [-0.3, -0.25) is 4.99 Å². The predicted molar refractivity (Wildman–Crippen MR) is 50.5 cm³/mol. The second-order valence-corrected chi connectivity index (χ2v) is 3.12. The number of ether oxygens (including phenoxy) is 1. The number of aliphatic hydroxyl groups is 1. The van der Waals surface area contributed by atoms with Crippen LogP contribution >= 0.6 is 0 Å². The second kappa shape index (κ2) is 5.04. The minimum atomic E-state index is -0.477. The van der Waals surface area contributed by atoms with Crippen LogP contribution in [0, 0.1) is 0 Å². The van der Waals surface area contributed by atoms with Gasteiger partial charge in [0.1, 0.15) is 0 Å². The minimum absolute atomic E-state index is 0.111. The Hall–Kier alpha value is -0.810. The molecule has 0 amide bonds. The van der Waals surface area contributed by atoms with E-state index in [0.29, 0.717) is 25.7 Å². The second-order valence-electron chi connectivity index (χ2n) is 3.12. The maximum atomic E-state index is 9.37. The number of hydrogen-bond acceptors (Lipinski definition) is 3. The van der Waals surface area contributed by atoms with E-state index < -0.39 is 6.10 Å². The van der Waals surface area contributed by atoms with Crippen LogP contribution in [-0.4, -0.2) is 43.0 Å². The molecule has 2 atom stereocenters. The van der Waals surface area contributed by atoms with E-state index in [1.165, 1.54) is 0 Å². The van der Waals surface area contributed by atoms with Crippen molar-refractivity contribution in [1.29, 1.82) is 0 Å². The number of nitrogens with one attached hydrogen (secondary N) is 1. The molecule has 0 radical (unpaired) electrons. The van der Waals surface area contributed by atoms with E-state index in [1.807, 2.05) is 6.92 Å². The molecule has 5 nitrogen and oxygen atoms in total. The van der Waals surface area contributed by atoms with Gasteiger partial charge < -0.3 is 20.9 Å². The molecule has 0 aliphatic carbocycles. The standard InChI is InChI=1S/C8H17N3O2/c1-2-3-10-8(9)11-6-4-13-5-7(6)12/h6-7,12H,2-5H2,1H3,(H3,9,10,11). The first-order chi connectivity index (χ1) is 6.24. The fourth-order valence-electron chi connectivity index (χ4n) is 1.15. The average molecular weight is 187 g/mol. The zero-order valence-electron chi connectivity index (χ0n) is 7.86. The van der Waals surface area contributed by atoms with E-state index in [9.17, 15) is 5.11 Å². The van der Waals surface area contributed by atoms with Crippen LogP contribution in [0.15, 0.2) is 4.99 Å². The van der Waals surface area contributed by atoms with Crippen LogP contribution in [-0.2, 0) is 4.74 Å². The van der Waals surface area contributed by atoms with Crippen LogP contribution in [0.2, 0.25) is 0 Å². The fourth-order valence-corrected chi connectivity index (χ4v) is 1.15. The molecule has 0 aromatic carbocycles. The van der Waals surface area contributed by atoms with Crippen molar-refractivity contribution in [3.63, 3.8) is 0 Å². The summed E-state index contributed by atoms with van der Waals surface area (Å²) in [6.07, 6.45) is 0.488. The van der Waals surface area contributed by atoms with Crippen LogP contribution in [0.3, 0.4) is 0 Å². The summed E-state index contributed by atoms with van der Waals surface area (Å²) in [5.41, 5.74) is 5.57. The summed E-state index contributed by atoms with van der Waals surface area (Å²) in [6, 6.07) is -0.111. The maximum Gasteiger partial charge on any atom is 0.188 e. The van der Waals surface area contributed by atoms with Crippen LogP contribution in [0.4, 0.5) is 0 Å². The Morgan fingerprint density at radius 1 is 1.69 bits per heavy atom. The zero-order chi connectivity index (χ0) is 9.68. The molecule has 0 saturated carbocycles. The average Bonchev–Trinajstić information content (AvgIpc) is 2.48. The summed E-state index contributed by atoms with van der Waals surface area (Å²) in [5.74, 6) is 0.386. The number of aliphatic imine (C=N–C) groups is 1. The molecule has 4 N–H and O–H groups in total. The first-order valence-corrected chi connectivity index (χ1v) is 4.56. The zero-order valence-corrected chi connectivity index (χ0v) is 7.86. The predicted octanol–water partition coefficient (Wildman–Crippen LogP) is -0.940. The molecule has 76 valence electrons. The SMILES string of the molecule is CCCN=C(N)NC1COCC1O. The topological polar surface area (TPSA) is 79.9 Å². The molecule has 1 heterocycles. The molecule has 0 aromatic heterocycles. The Morgan fingerprint density at radius 3 is 3.00 bits per heavy atom. The summed E-state index contributed by atoms with van der Waals surface area (Å²) in [4.78, 5) is 4.06. The largest absolute Gasteiger partial charge is 0.388 e. The van der Waals surface area contributed by atoms with Crippen LogP contribution in [0.1, 0.15) is 13.3 Å².